The smallest absolute Gasteiger partial charge is 0.247 e. The van der Waals surface area contributed by atoms with Crippen LogP contribution in [0.3, 0.4) is 0 Å². The SMILES string of the molecule is CCCCCC=C(COc1cccc2ccccc12)C(N)=O. The Hall–Kier alpha value is -2.29. The van der Waals surface area contributed by atoms with Crippen molar-refractivity contribution in [3.8, 4) is 5.75 Å². The molecule has 22 heavy (non-hydrogen) atoms. The zero-order valence-corrected chi connectivity index (χ0v) is 13.0. The van der Waals surface area contributed by atoms with E-state index in [0.717, 1.165) is 42.2 Å². The van der Waals surface area contributed by atoms with Crippen LogP contribution in [0.2, 0.25) is 0 Å². The van der Waals surface area contributed by atoms with Crippen molar-refractivity contribution in [1.82, 2.24) is 0 Å². The summed E-state index contributed by atoms with van der Waals surface area (Å²) in [7, 11) is 0. The van der Waals surface area contributed by atoms with E-state index in [0.29, 0.717) is 5.57 Å². The first-order chi connectivity index (χ1) is 10.7. The van der Waals surface area contributed by atoms with Gasteiger partial charge in [0.1, 0.15) is 12.4 Å². The number of hydrogen-bond acceptors (Lipinski definition) is 2. The van der Waals surface area contributed by atoms with Gasteiger partial charge in [0, 0.05) is 11.0 Å². The lowest BCUT2D eigenvalue weighted by molar-refractivity contribution is -0.114. The Kier molecular flexibility index (Phi) is 6.01. The van der Waals surface area contributed by atoms with Crippen molar-refractivity contribution < 1.29 is 9.53 Å². The predicted molar refractivity (Wildman–Crippen MR) is 90.9 cm³/mol. The topological polar surface area (TPSA) is 52.3 Å². The largest absolute Gasteiger partial charge is 0.488 e. The summed E-state index contributed by atoms with van der Waals surface area (Å²) in [6, 6.07) is 13.9. The van der Waals surface area contributed by atoms with Crippen LogP contribution in [0.15, 0.2) is 54.1 Å². The fourth-order valence-corrected chi connectivity index (χ4v) is 2.38. The molecular weight excluding hydrogens is 274 g/mol. The van der Waals surface area contributed by atoms with Gasteiger partial charge in [-0.3, -0.25) is 4.79 Å². The quantitative estimate of drug-likeness (QED) is 0.586. The Balaban J connectivity index is 2.06. The molecule has 3 nitrogen and oxygen atoms in total. The van der Waals surface area contributed by atoms with Gasteiger partial charge in [-0.2, -0.15) is 0 Å². The third kappa shape index (κ3) is 4.35. The lowest BCUT2D eigenvalue weighted by Gasteiger charge is -2.10. The Labute approximate surface area is 131 Å². The second kappa shape index (κ2) is 8.23. The van der Waals surface area contributed by atoms with Crippen LogP contribution >= 0.6 is 0 Å². The molecule has 0 aliphatic rings. The first kappa shape index (κ1) is 16.1. The molecule has 2 aromatic carbocycles. The number of hydrogen-bond donors (Lipinski definition) is 1. The molecule has 0 atom stereocenters. The van der Waals surface area contributed by atoms with E-state index >= 15 is 0 Å². The highest BCUT2D eigenvalue weighted by Crippen LogP contribution is 2.25. The summed E-state index contributed by atoms with van der Waals surface area (Å²) < 4.78 is 5.83. The van der Waals surface area contributed by atoms with Crippen LogP contribution in [0, 0.1) is 0 Å². The van der Waals surface area contributed by atoms with E-state index in [2.05, 4.69) is 6.92 Å². The monoisotopic (exact) mass is 297 g/mol. The minimum atomic E-state index is -0.406. The Morgan fingerprint density at radius 3 is 2.68 bits per heavy atom. The number of primary amides is 1. The standard InChI is InChI=1S/C19H23NO2/c1-2-3-4-5-10-16(19(20)21)14-22-18-13-8-11-15-9-6-7-12-17(15)18/h6-13H,2-5,14H2,1H3,(H2,20,21). The maximum Gasteiger partial charge on any atom is 0.247 e. The van der Waals surface area contributed by atoms with Crippen molar-refractivity contribution in [2.75, 3.05) is 6.61 Å². The number of fused-ring (bicyclic) bond motifs is 1. The van der Waals surface area contributed by atoms with Gasteiger partial charge in [0.25, 0.3) is 0 Å². The van der Waals surface area contributed by atoms with Gasteiger partial charge in [-0.15, -0.1) is 0 Å². The molecular formula is C19H23NO2. The third-order valence-corrected chi connectivity index (χ3v) is 3.65. The number of allylic oxidation sites excluding steroid dienone is 1. The zero-order valence-electron chi connectivity index (χ0n) is 13.0. The normalized spacial score (nSPS) is 11.6. The molecule has 0 saturated heterocycles. The first-order valence-electron chi connectivity index (χ1n) is 7.81. The molecule has 0 saturated carbocycles. The van der Waals surface area contributed by atoms with Gasteiger partial charge in [0.05, 0.1) is 0 Å². The molecule has 2 rings (SSSR count). The van der Waals surface area contributed by atoms with Crippen molar-refractivity contribution >= 4 is 16.7 Å². The van der Waals surface area contributed by atoms with Gasteiger partial charge >= 0.3 is 0 Å². The van der Waals surface area contributed by atoms with Crippen molar-refractivity contribution in [2.45, 2.75) is 32.6 Å². The van der Waals surface area contributed by atoms with Gasteiger partial charge in [-0.25, -0.2) is 0 Å². The fourth-order valence-electron chi connectivity index (χ4n) is 2.38. The van der Waals surface area contributed by atoms with Crippen LogP contribution in [-0.2, 0) is 4.79 Å². The van der Waals surface area contributed by atoms with Crippen molar-refractivity contribution in [1.29, 1.82) is 0 Å². The molecule has 2 N–H and O–H groups in total. The summed E-state index contributed by atoms with van der Waals surface area (Å²) >= 11 is 0. The second-order valence-corrected chi connectivity index (χ2v) is 5.36. The highest BCUT2D eigenvalue weighted by molar-refractivity contribution is 5.92. The molecule has 0 aliphatic carbocycles. The summed E-state index contributed by atoms with van der Waals surface area (Å²) in [4.78, 5) is 11.5. The molecule has 0 aliphatic heterocycles. The predicted octanol–water partition coefficient (Wildman–Crippen LogP) is 4.21. The molecule has 0 heterocycles. The van der Waals surface area contributed by atoms with E-state index in [1.807, 2.05) is 48.5 Å². The third-order valence-electron chi connectivity index (χ3n) is 3.65. The number of carbonyl (C=O) groups is 1. The summed E-state index contributed by atoms with van der Waals surface area (Å²) in [6.07, 6.45) is 6.16. The molecule has 0 unspecified atom stereocenters. The Morgan fingerprint density at radius 2 is 1.91 bits per heavy atom. The molecule has 116 valence electrons. The van der Waals surface area contributed by atoms with E-state index in [1.54, 1.807) is 0 Å². The minimum Gasteiger partial charge on any atom is -0.488 e. The highest BCUT2D eigenvalue weighted by atomic mass is 16.5. The number of rotatable bonds is 8. The number of carbonyl (C=O) groups excluding carboxylic acids is 1. The van der Waals surface area contributed by atoms with Gasteiger partial charge in [-0.05, 0) is 24.3 Å². The van der Waals surface area contributed by atoms with Crippen LogP contribution in [0.5, 0.6) is 5.75 Å². The Bertz CT molecular complexity index is 656. The Morgan fingerprint density at radius 1 is 1.14 bits per heavy atom. The first-order valence-corrected chi connectivity index (χ1v) is 7.81. The average Bonchev–Trinajstić information content (AvgIpc) is 2.54. The van der Waals surface area contributed by atoms with E-state index in [1.165, 1.54) is 0 Å². The van der Waals surface area contributed by atoms with Gasteiger partial charge < -0.3 is 10.5 Å². The number of ether oxygens (including phenoxy) is 1. The van der Waals surface area contributed by atoms with Crippen LogP contribution in [0.25, 0.3) is 10.8 Å². The lowest BCUT2D eigenvalue weighted by Crippen LogP contribution is -2.19. The summed E-state index contributed by atoms with van der Waals surface area (Å²) in [5, 5.41) is 2.16. The van der Waals surface area contributed by atoms with Gasteiger partial charge in [-0.1, -0.05) is 62.2 Å². The molecule has 2 aromatic rings. The highest BCUT2D eigenvalue weighted by Gasteiger charge is 2.07. The van der Waals surface area contributed by atoms with Gasteiger partial charge in [0.2, 0.25) is 5.91 Å². The van der Waals surface area contributed by atoms with Crippen LogP contribution < -0.4 is 10.5 Å². The van der Waals surface area contributed by atoms with Crippen LogP contribution in [0.4, 0.5) is 0 Å². The lowest BCUT2D eigenvalue weighted by atomic mass is 10.1. The van der Waals surface area contributed by atoms with Crippen LogP contribution in [-0.4, -0.2) is 12.5 Å². The molecule has 1 amide bonds. The van der Waals surface area contributed by atoms with Crippen LogP contribution in [0.1, 0.15) is 32.6 Å². The second-order valence-electron chi connectivity index (χ2n) is 5.36. The molecule has 0 bridgehead atoms. The average molecular weight is 297 g/mol. The van der Waals surface area contributed by atoms with Crippen molar-refractivity contribution in [3.05, 3.63) is 54.1 Å². The summed E-state index contributed by atoms with van der Waals surface area (Å²) in [5.74, 6) is 0.371. The molecule has 0 radical (unpaired) electrons. The zero-order chi connectivity index (χ0) is 15.8. The molecule has 0 fully saturated rings. The summed E-state index contributed by atoms with van der Waals surface area (Å²) in [6.45, 7) is 2.37. The fraction of sp³-hybridized carbons (Fsp3) is 0.316. The molecule has 3 heteroatoms. The minimum absolute atomic E-state index is 0.218. The van der Waals surface area contributed by atoms with E-state index < -0.39 is 5.91 Å². The maximum absolute atomic E-state index is 11.5. The van der Waals surface area contributed by atoms with E-state index in [4.69, 9.17) is 10.5 Å². The number of amides is 1. The number of benzene rings is 2. The van der Waals surface area contributed by atoms with Gasteiger partial charge in [0.15, 0.2) is 0 Å². The molecule has 0 spiro atoms. The number of unbranched alkanes of at least 4 members (excludes halogenated alkanes) is 3. The van der Waals surface area contributed by atoms with Crippen molar-refractivity contribution in [3.63, 3.8) is 0 Å². The van der Waals surface area contributed by atoms with Crippen molar-refractivity contribution in [2.24, 2.45) is 5.73 Å². The maximum atomic E-state index is 11.5. The van der Waals surface area contributed by atoms with E-state index in [-0.39, 0.29) is 6.61 Å². The summed E-state index contributed by atoms with van der Waals surface area (Å²) in [5.41, 5.74) is 5.99. The number of nitrogens with two attached hydrogens (primary N) is 1. The molecule has 0 aromatic heterocycles. The van der Waals surface area contributed by atoms with E-state index in [9.17, 15) is 4.79 Å².